The molecule has 0 fully saturated rings. The largest absolute Gasteiger partial charge is 0.478 e. The third-order valence-corrected chi connectivity index (χ3v) is 3.93. The van der Waals surface area contributed by atoms with Crippen molar-refractivity contribution >= 4 is 29.2 Å². The minimum absolute atomic E-state index is 0.186. The van der Waals surface area contributed by atoms with Crippen LogP contribution in [0.4, 0.5) is 11.4 Å². The van der Waals surface area contributed by atoms with E-state index in [9.17, 15) is 14.4 Å². The first-order valence-electron chi connectivity index (χ1n) is 8.03. The van der Waals surface area contributed by atoms with Crippen LogP contribution in [0.15, 0.2) is 42.5 Å². The van der Waals surface area contributed by atoms with E-state index < -0.39 is 18.0 Å². The summed E-state index contributed by atoms with van der Waals surface area (Å²) in [6.45, 7) is 1.91. The molecule has 2 amide bonds. The van der Waals surface area contributed by atoms with Gasteiger partial charge in [-0.3, -0.25) is 9.59 Å². The van der Waals surface area contributed by atoms with E-state index in [4.69, 9.17) is 9.47 Å². The number of para-hydroxylation sites is 1. The van der Waals surface area contributed by atoms with Crippen LogP contribution in [0.25, 0.3) is 0 Å². The fraction of sp³-hybridized carbons (Fsp3) is 0.211. The highest BCUT2D eigenvalue weighted by molar-refractivity contribution is 6.04. The van der Waals surface area contributed by atoms with E-state index in [0.717, 1.165) is 5.56 Å². The van der Waals surface area contributed by atoms with E-state index in [1.54, 1.807) is 36.4 Å². The van der Waals surface area contributed by atoms with Crippen LogP contribution in [0.3, 0.4) is 0 Å². The summed E-state index contributed by atoms with van der Waals surface area (Å²) in [7, 11) is 1.26. The van der Waals surface area contributed by atoms with Crippen LogP contribution in [0.1, 0.15) is 22.3 Å². The number of nitrogens with one attached hydrogen (secondary N) is 2. The summed E-state index contributed by atoms with van der Waals surface area (Å²) in [6, 6.07) is 11.9. The molecule has 0 saturated heterocycles. The Bertz CT molecular complexity index is 878. The number of rotatable bonds is 4. The van der Waals surface area contributed by atoms with E-state index in [-0.39, 0.29) is 17.9 Å². The molecule has 7 nitrogen and oxygen atoms in total. The van der Waals surface area contributed by atoms with Crippen LogP contribution in [-0.4, -0.2) is 31.0 Å². The van der Waals surface area contributed by atoms with Crippen molar-refractivity contribution in [3.8, 4) is 5.75 Å². The molecule has 2 N–H and O–H groups in total. The summed E-state index contributed by atoms with van der Waals surface area (Å²) in [6.07, 6.45) is -1.13. The van der Waals surface area contributed by atoms with Gasteiger partial charge in [0.15, 0.2) is 6.10 Å². The third kappa shape index (κ3) is 3.66. The van der Waals surface area contributed by atoms with Gasteiger partial charge in [0.25, 0.3) is 5.91 Å². The van der Waals surface area contributed by atoms with E-state index in [0.29, 0.717) is 17.1 Å². The highest BCUT2D eigenvalue weighted by Gasteiger charge is 2.30. The molecule has 1 aliphatic heterocycles. The number of carbonyl (C=O) groups excluding carboxylic acids is 3. The second-order valence-corrected chi connectivity index (χ2v) is 5.88. The number of carbonyl (C=O) groups is 3. The number of methoxy groups -OCH3 is 1. The molecule has 7 heteroatoms. The Morgan fingerprint density at radius 2 is 2.00 bits per heavy atom. The maximum atomic E-state index is 12.3. The average Bonchev–Trinajstić information content (AvgIpc) is 2.62. The van der Waals surface area contributed by atoms with Gasteiger partial charge in [-0.25, -0.2) is 4.79 Å². The van der Waals surface area contributed by atoms with E-state index in [2.05, 4.69) is 10.6 Å². The van der Waals surface area contributed by atoms with Gasteiger partial charge in [0.1, 0.15) is 5.75 Å². The number of aryl methyl sites for hydroxylation is 1. The van der Waals surface area contributed by atoms with Crippen molar-refractivity contribution in [1.82, 2.24) is 0 Å². The summed E-state index contributed by atoms with van der Waals surface area (Å²) >= 11 is 0. The Kier molecular flexibility index (Phi) is 4.88. The summed E-state index contributed by atoms with van der Waals surface area (Å²) < 4.78 is 10.3. The van der Waals surface area contributed by atoms with Gasteiger partial charge >= 0.3 is 5.97 Å². The van der Waals surface area contributed by atoms with Gasteiger partial charge in [0, 0.05) is 0 Å². The Hall–Kier alpha value is -3.35. The Morgan fingerprint density at radius 3 is 2.77 bits per heavy atom. The van der Waals surface area contributed by atoms with Crippen molar-refractivity contribution < 1.29 is 23.9 Å². The Morgan fingerprint density at radius 1 is 1.23 bits per heavy atom. The number of benzene rings is 2. The van der Waals surface area contributed by atoms with Crippen LogP contribution in [0.2, 0.25) is 0 Å². The lowest BCUT2D eigenvalue weighted by molar-refractivity contribution is -0.128. The first-order chi connectivity index (χ1) is 12.5. The smallest absolute Gasteiger partial charge is 0.339 e. The van der Waals surface area contributed by atoms with Gasteiger partial charge < -0.3 is 20.1 Å². The van der Waals surface area contributed by atoms with E-state index >= 15 is 0 Å². The second kappa shape index (κ2) is 7.26. The van der Waals surface area contributed by atoms with Crippen LogP contribution >= 0.6 is 0 Å². The van der Waals surface area contributed by atoms with E-state index in [1.807, 2.05) is 13.0 Å². The Balaban J connectivity index is 1.70. The minimum atomic E-state index is -0.949. The van der Waals surface area contributed by atoms with Crippen molar-refractivity contribution in [3.05, 3.63) is 53.6 Å². The van der Waals surface area contributed by atoms with E-state index in [1.165, 1.54) is 7.11 Å². The molecule has 0 spiro atoms. The van der Waals surface area contributed by atoms with Crippen LogP contribution in [0.5, 0.6) is 5.75 Å². The number of hydrogen-bond acceptors (Lipinski definition) is 5. The number of amides is 2. The van der Waals surface area contributed by atoms with Crippen molar-refractivity contribution in [2.24, 2.45) is 0 Å². The lowest BCUT2D eigenvalue weighted by Crippen LogP contribution is -2.39. The summed E-state index contributed by atoms with van der Waals surface area (Å²) in [5.41, 5.74) is 2.13. The van der Waals surface area contributed by atoms with Crippen molar-refractivity contribution in [2.45, 2.75) is 19.4 Å². The number of hydrogen-bond donors (Lipinski definition) is 2. The molecule has 1 unspecified atom stereocenters. The van der Waals surface area contributed by atoms with Gasteiger partial charge in [-0.1, -0.05) is 18.2 Å². The maximum absolute atomic E-state index is 12.3. The molecule has 0 radical (unpaired) electrons. The number of esters is 1. The van der Waals surface area contributed by atoms with Gasteiger partial charge in [-0.2, -0.15) is 0 Å². The quantitative estimate of drug-likeness (QED) is 0.823. The lowest BCUT2D eigenvalue weighted by atomic mass is 10.1. The standard InChI is InChI=1S/C19H18N2O5/c1-11-7-8-15-14(9-11)21-18(23)16(26-15)10-17(22)20-13-6-4-3-5-12(13)19(24)25-2/h3-9,16H,10H2,1-2H3,(H,20,22)(H,21,23). The lowest BCUT2D eigenvalue weighted by Gasteiger charge is -2.25. The van der Waals surface area contributed by atoms with Gasteiger partial charge in [0.05, 0.1) is 30.5 Å². The normalized spacial score (nSPS) is 15.3. The van der Waals surface area contributed by atoms with Gasteiger partial charge in [-0.15, -0.1) is 0 Å². The minimum Gasteiger partial charge on any atom is -0.478 e. The summed E-state index contributed by atoms with van der Waals surface area (Å²) in [5.74, 6) is -0.878. The topological polar surface area (TPSA) is 93.7 Å². The van der Waals surface area contributed by atoms with Gasteiger partial charge in [-0.05, 0) is 36.8 Å². The first kappa shape index (κ1) is 17.5. The predicted octanol–water partition coefficient (Wildman–Crippen LogP) is 2.51. The monoisotopic (exact) mass is 354 g/mol. The molecule has 0 saturated carbocycles. The molecule has 0 aromatic heterocycles. The molecule has 26 heavy (non-hydrogen) atoms. The van der Waals surface area contributed by atoms with Crippen molar-refractivity contribution in [3.63, 3.8) is 0 Å². The third-order valence-electron chi connectivity index (χ3n) is 3.93. The SMILES string of the molecule is COC(=O)c1ccccc1NC(=O)CC1Oc2ccc(C)cc2NC1=O. The molecule has 0 aliphatic carbocycles. The fourth-order valence-electron chi connectivity index (χ4n) is 2.65. The molecule has 1 heterocycles. The molecule has 3 rings (SSSR count). The zero-order chi connectivity index (χ0) is 18.7. The van der Waals surface area contributed by atoms with Crippen molar-refractivity contribution in [1.29, 1.82) is 0 Å². The molecular formula is C19H18N2O5. The summed E-state index contributed by atoms with van der Waals surface area (Å²) in [4.78, 5) is 36.3. The zero-order valence-corrected chi connectivity index (χ0v) is 14.4. The van der Waals surface area contributed by atoms with Crippen LogP contribution in [-0.2, 0) is 14.3 Å². The molecule has 2 aromatic carbocycles. The molecular weight excluding hydrogens is 336 g/mol. The molecule has 1 atom stereocenters. The van der Waals surface area contributed by atoms with Crippen LogP contribution < -0.4 is 15.4 Å². The summed E-state index contributed by atoms with van der Waals surface area (Å²) in [5, 5.41) is 5.37. The highest BCUT2D eigenvalue weighted by atomic mass is 16.5. The van der Waals surface area contributed by atoms with Gasteiger partial charge in [0.2, 0.25) is 5.91 Å². The zero-order valence-electron chi connectivity index (χ0n) is 14.4. The maximum Gasteiger partial charge on any atom is 0.339 e. The number of ether oxygens (including phenoxy) is 2. The Labute approximate surface area is 150 Å². The highest BCUT2D eigenvalue weighted by Crippen LogP contribution is 2.31. The number of anilines is 2. The molecule has 0 bridgehead atoms. The number of fused-ring (bicyclic) bond motifs is 1. The molecule has 2 aromatic rings. The van der Waals surface area contributed by atoms with Crippen LogP contribution in [0, 0.1) is 6.92 Å². The second-order valence-electron chi connectivity index (χ2n) is 5.88. The average molecular weight is 354 g/mol. The molecule has 1 aliphatic rings. The predicted molar refractivity (Wildman–Crippen MR) is 95.3 cm³/mol. The van der Waals surface area contributed by atoms with Crippen molar-refractivity contribution in [2.75, 3.05) is 17.7 Å². The fourth-order valence-corrected chi connectivity index (χ4v) is 2.65. The molecule has 134 valence electrons. The first-order valence-corrected chi connectivity index (χ1v) is 8.03.